The van der Waals surface area contributed by atoms with Gasteiger partial charge in [-0.05, 0) is 47.5 Å². The molecule has 2 aromatic rings. The second-order valence-electron chi connectivity index (χ2n) is 4.96. The second-order valence-corrected chi connectivity index (χ2v) is 6.81. The number of allylic oxidation sites excluding steroid dienone is 1. The number of thioether (sulfide) groups is 1. The number of hydrogen-bond donors (Lipinski definition) is 1. The van der Waals surface area contributed by atoms with Crippen molar-refractivity contribution in [3.8, 4) is 0 Å². The van der Waals surface area contributed by atoms with Crippen LogP contribution in [0.1, 0.15) is 17.0 Å². The number of rotatable bonds is 6. The smallest absolute Gasteiger partial charge is 0.250 e. The van der Waals surface area contributed by atoms with Gasteiger partial charge in [0.25, 0.3) is 5.91 Å². The quantitative estimate of drug-likeness (QED) is 0.344. The maximum absolute atomic E-state index is 11.8. The van der Waals surface area contributed by atoms with E-state index >= 15 is 0 Å². The van der Waals surface area contributed by atoms with Crippen LogP contribution in [0, 0.1) is 13.8 Å². The predicted octanol–water partition coefficient (Wildman–Crippen LogP) is 3.72. The Kier molecular flexibility index (Phi) is 7.14. The molecular weight excluding hydrogens is 388 g/mol. The lowest BCUT2D eigenvalue weighted by molar-refractivity contribution is -0.118. The average Bonchev–Trinajstić information content (AvgIpc) is 2.53. The van der Waals surface area contributed by atoms with Gasteiger partial charge in [-0.25, -0.2) is 15.4 Å². The normalized spacial score (nSPS) is 11.7. The summed E-state index contributed by atoms with van der Waals surface area (Å²) in [6.45, 7) is 3.80. The minimum absolute atomic E-state index is 0.209. The molecule has 2 rings (SSSR count). The molecule has 1 amide bonds. The minimum atomic E-state index is -0.209. The third-order valence-corrected chi connectivity index (χ3v) is 4.06. The van der Waals surface area contributed by atoms with Crippen LogP contribution < -0.4 is 5.43 Å². The van der Waals surface area contributed by atoms with Gasteiger partial charge in [0.15, 0.2) is 5.16 Å². The molecule has 0 atom stereocenters. The van der Waals surface area contributed by atoms with E-state index in [0.717, 1.165) is 21.4 Å². The first kappa shape index (κ1) is 18.4. The highest BCUT2D eigenvalue weighted by Crippen LogP contribution is 2.13. The summed E-state index contributed by atoms with van der Waals surface area (Å²) in [6, 6.07) is 11.7. The van der Waals surface area contributed by atoms with Crippen molar-refractivity contribution in [2.24, 2.45) is 5.10 Å². The van der Waals surface area contributed by atoms with E-state index in [1.54, 1.807) is 6.21 Å². The summed E-state index contributed by atoms with van der Waals surface area (Å²) in [5, 5.41) is 4.52. The van der Waals surface area contributed by atoms with Crippen LogP contribution in [-0.4, -0.2) is 27.8 Å². The molecule has 1 heterocycles. The van der Waals surface area contributed by atoms with Crippen LogP contribution in [0.25, 0.3) is 6.08 Å². The fourth-order valence-corrected chi connectivity index (χ4v) is 2.94. The predicted molar refractivity (Wildman–Crippen MR) is 102 cm³/mol. The highest BCUT2D eigenvalue weighted by Gasteiger charge is 2.05. The third kappa shape index (κ3) is 6.64. The zero-order chi connectivity index (χ0) is 17.4. The lowest BCUT2D eigenvalue weighted by Gasteiger charge is -2.02. The summed E-state index contributed by atoms with van der Waals surface area (Å²) in [5.74, 6) is -0.000657. The number of aryl methyl sites for hydroxylation is 2. The Morgan fingerprint density at radius 1 is 1.25 bits per heavy atom. The number of nitrogens with zero attached hydrogens (tertiary/aromatic N) is 3. The first-order valence-corrected chi connectivity index (χ1v) is 9.00. The molecule has 0 unspecified atom stereocenters. The van der Waals surface area contributed by atoms with Gasteiger partial charge >= 0.3 is 0 Å². The van der Waals surface area contributed by atoms with Gasteiger partial charge in [-0.1, -0.05) is 42.1 Å². The maximum Gasteiger partial charge on any atom is 0.250 e. The Balaban J connectivity index is 1.81. The molecule has 0 aliphatic heterocycles. The van der Waals surface area contributed by atoms with Gasteiger partial charge < -0.3 is 0 Å². The van der Waals surface area contributed by atoms with Crippen molar-refractivity contribution in [1.82, 2.24) is 15.4 Å². The molecule has 124 valence electrons. The van der Waals surface area contributed by atoms with Crippen molar-refractivity contribution in [2.75, 3.05) is 5.75 Å². The van der Waals surface area contributed by atoms with Crippen LogP contribution in [0.3, 0.4) is 0 Å². The summed E-state index contributed by atoms with van der Waals surface area (Å²) < 4.78 is 0.763. The monoisotopic (exact) mass is 404 g/mol. The number of amides is 1. The molecule has 0 bridgehead atoms. The Hall–Kier alpha value is -1.99. The van der Waals surface area contributed by atoms with Crippen molar-refractivity contribution in [1.29, 1.82) is 0 Å². The van der Waals surface area contributed by atoms with Crippen LogP contribution in [0.2, 0.25) is 0 Å². The molecule has 7 heteroatoms. The molecule has 0 fully saturated rings. The number of nitrogens with one attached hydrogen (secondary N) is 1. The lowest BCUT2D eigenvalue weighted by Crippen LogP contribution is -2.19. The maximum atomic E-state index is 11.8. The van der Waals surface area contributed by atoms with E-state index in [-0.39, 0.29) is 11.7 Å². The Labute approximate surface area is 153 Å². The molecule has 0 saturated carbocycles. The number of hydrogen-bond acceptors (Lipinski definition) is 5. The summed E-state index contributed by atoms with van der Waals surface area (Å²) in [4.78, 5) is 20.3. The molecule has 1 aromatic heterocycles. The molecule has 0 aliphatic rings. The molecule has 0 spiro atoms. The Morgan fingerprint density at radius 2 is 1.92 bits per heavy atom. The van der Waals surface area contributed by atoms with E-state index in [1.807, 2.05) is 56.3 Å². The standard InChI is InChI=1S/C17H17BrN4OS/c1-12-8-13(2)21-17(20-12)24-11-16(23)22-19-10-15(18)9-14-6-4-3-5-7-14/h3-10H,11H2,1-2H3,(H,22,23)/b15-9-,19-10?. The molecule has 1 aromatic carbocycles. The first-order valence-electron chi connectivity index (χ1n) is 7.22. The highest BCUT2D eigenvalue weighted by molar-refractivity contribution is 9.12. The molecule has 0 saturated heterocycles. The van der Waals surface area contributed by atoms with E-state index < -0.39 is 0 Å². The van der Waals surface area contributed by atoms with Crippen LogP contribution in [-0.2, 0) is 4.79 Å². The highest BCUT2D eigenvalue weighted by atomic mass is 79.9. The molecule has 1 N–H and O–H groups in total. The van der Waals surface area contributed by atoms with Crippen LogP contribution in [0.4, 0.5) is 0 Å². The SMILES string of the molecule is Cc1cc(C)nc(SCC(=O)NN=C/C(Br)=C/c2ccccc2)n1. The number of benzene rings is 1. The summed E-state index contributed by atoms with van der Waals surface area (Å²) >= 11 is 4.68. The summed E-state index contributed by atoms with van der Waals surface area (Å²) in [6.07, 6.45) is 3.46. The van der Waals surface area contributed by atoms with Gasteiger partial charge in [-0.3, -0.25) is 4.79 Å². The first-order chi connectivity index (χ1) is 11.5. The molecule has 0 aliphatic carbocycles. The number of hydrazone groups is 1. The zero-order valence-corrected chi connectivity index (χ0v) is 15.8. The van der Waals surface area contributed by atoms with Crippen LogP contribution >= 0.6 is 27.7 Å². The number of aromatic nitrogens is 2. The van der Waals surface area contributed by atoms with Crippen molar-refractivity contribution in [2.45, 2.75) is 19.0 Å². The summed E-state index contributed by atoms with van der Waals surface area (Å²) in [5.41, 5.74) is 5.30. The number of carbonyl (C=O) groups is 1. The van der Waals surface area contributed by atoms with Gasteiger partial charge in [0.2, 0.25) is 0 Å². The van der Waals surface area contributed by atoms with E-state index in [1.165, 1.54) is 11.8 Å². The Bertz CT molecular complexity index is 742. The largest absolute Gasteiger partial charge is 0.272 e. The fourth-order valence-electron chi connectivity index (χ4n) is 1.83. The van der Waals surface area contributed by atoms with Crippen molar-refractivity contribution in [3.05, 3.63) is 57.8 Å². The van der Waals surface area contributed by atoms with Crippen molar-refractivity contribution in [3.63, 3.8) is 0 Å². The average molecular weight is 405 g/mol. The molecular formula is C17H17BrN4OS. The minimum Gasteiger partial charge on any atom is -0.272 e. The van der Waals surface area contributed by atoms with E-state index in [2.05, 4.69) is 36.4 Å². The van der Waals surface area contributed by atoms with E-state index in [4.69, 9.17) is 0 Å². The van der Waals surface area contributed by atoms with Gasteiger partial charge in [-0.2, -0.15) is 5.10 Å². The van der Waals surface area contributed by atoms with Gasteiger partial charge in [0, 0.05) is 15.9 Å². The molecule has 24 heavy (non-hydrogen) atoms. The number of carbonyl (C=O) groups excluding carboxylic acids is 1. The Morgan fingerprint density at radius 3 is 2.58 bits per heavy atom. The zero-order valence-electron chi connectivity index (χ0n) is 13.4. The van der Waals surface area contributed by atoms with Gasteiger partial charge in [-0.15, -0.1) is 0 Å². The molecule has 0 radical (unpaired) electrons. The fraction of sp³-hybridized carbons (Fsp3) is 0.176. The van der Waals surface area contributed by atoms with Crippen LogP contribution in [0.5, 0.6) is 0 Å². The topological polar surface area (TPSA) is 67.2 Å². The lowest BCUT2D eigenvalue weighted by atomic mass is 10.2. The van der Waals surface area contributed by atoms with Gasteiger partial charge in [0.1, 0.15) is 0 Å². The van der Waals surface area contributed by atoms with Crippen molar-refractivity contribution >= 4 is 45.9 Å². The number of halogens is 1. The third-order valence-electron chi connectivity index (χ3n) is 2.78. The van der Waals surface area contributed by atoms with Crippen molar-refractivity contribution < 1.29 is 4.79 Å². The molecule has 5 nitrogen and oxygen atoms in total. The second kappa shape index (κ2) is 9.34. The van der Waals surface area contributed by atoms with Gasteiger partial charge in [0.05, 0.1) is 12.0 Å². The summed E-state index contributed by atoms with van der Waals surface area (Å²) in [7, 11) is 0. The van der Waals surface area contributed by atoms with Crippen LogP contribution in [0.15, 0.2) is 51.1 Å². The van der Waals surface area contributed by atoms with E-state index in [0.29, 0.717) is 5.16 Å². The van der Waals surface area contributed by atoms with E-state index in [9.17, 15) is 4.79 Å².